The summed E-state index contributed by atoms with van der Waals surface area (Å²) >= 11 is 3.51. The summed E-state index contributed by atoms with van der Waals surface area (Å²) in [5, 5.41) is 0. The summed E-state index contributed by atoms with van der Waals surface area (Å²) in [4.78, 5) is 0. The molecule has 19 heavy (non-hydrogen) atoms. The van der Waals surface area contributed by atoms with Gasteiger partial charge in [-0.2, -0.15) is 0 Å². The van der Waals surface area contributed by atoms with E-state index in [9.17, 15) is 0 Å². The van der Waals surface area contributed by atoms with Gasteiger partial charge < -0.3 is 15.2 Å². The standard InChI is InChI=1S/C15H20BrNO2/c1-4-6-7-19-15-13(16)9-11(8-12(17)5-2)10-14(15)18-3/h9-10,12H,5,7-8,17H2,1-3H3. The summed E-state index contributed by atoms with van der Waals surface area (Å²) in [7, 11) is 1.63. The second-order valence-electron chi connectivity index (χ2n) is 4.20. The first-order valence-electron chi connectivity index (χ1n) is 6.26. The Morgan fingerprint density at radius 1 is 1.42 bits per heavy atom. The van der Waals surface area contributed by atoms with E-state index < -0.39 is 0 Å². The Labute approximate surface area is 123 Å². The number of hydrogen-bond acceptors (Lipinski definition) is 3. The van der Waals surface area contributed by atoms with Gasteiger partial charge in [0.2, 0.25) is 0 Å². The molecule has 4 heteroatoms. The lowest BCUT2D eigenvalue weighted by Crippen LogP contribution is -2.21. The van der Waals surface area contributed by atoms with E-state index in [2.05, 4.69) is 34.7 Å². The first-order valence-corrected chi connectivity index (χ1v) is 7.06. The third-order valence-corrected chi connectivity index (χ3v) is 3.37. The van der Waals surface area contributed by atoms with Crippen LogP contribution in [-0.4, -0.2) is 19.8 Å². The van der Waals surface area contributed by atoms with Crippen LogP contribution < -0.4 is 15.2 Å². The first kappa shape index (κ1) is 15.9. The van der Waals surface area contributed by atoms with E-state index in [1.807, 2.05) is 12.1 Å². The van der Waals surface area contributed by atoms with E-state index in [4.69, 9.17) is 15.2 Å². The van der Waals surface area contributed by atoms with Crippen molar-refractivity contribution in [2.24, 2.45) is 5.73 Å². The number of methoxy groups -OCH3 is 1. The van der Waals surface area contributed by atoms with Gasteiger partial charge in [0.1, 0.15) is 6.61 Å². The minimum Gasteiger partial charge on any atom is -0.493 e. The summed E-state index contributed by atoms with van der Waals surface area (Å²) in [5.41, 5.74) is 7.11. The zero-order valence-electron chi connectivity index (χ0n) is 11.6. The molecule has 0 saturated heterocycles. The number of ether oxygens (including phenoxy) is 2. The molecule has 0 bridgehead atoms. The molecule has 2 N–H and O–H groups in total. The molecule has 3 nitrogen and oxygen atoms in total. The molecular weight excluding hydrogens is 306 g/mol. The summed E-state index contributed by atoms with van der Waals surface area (Å²) in [6, 6.07) is 4.15. The number of halogens is 1. The Kier molecular flexibility index (Phi) is 6.75. The van der Waals surface area contributed by atoms with Crippen molar-refractivity contribution in [3.8, 4) is 23.3 Å². The lowest BCUT2D eigenvalue weighted by molar-refractivity contribution is 0.328. The minimum absolute atomic E-state index is 0.161. The molecule has 1 rings (SSSR count). The summed E-state index contributed by atoms with van der Waals surface area (Å²) in [6.45, 7) is 4.21. The van der Waals surface area contributed by atoms with E-state index in [1.54, 1.807) is 14.0 Å². The molecule has 1 aromatic carbocycles. The van der Waals surface area contributed by atoms with Crippen molar-refractivity contribution in [2.45, 2.75) is 32.7 Å². The predicted octanol–water partition coefficient (Wildman–Crippen LogP) is 3.14. The molecule has 104 valence electrons. The van der Waals surface area contributed by atoms with Crippen molar-refractivity contribution in [3.63, 3.8) is 0 Å². The van der Waals surface area contributed by atoms with E-state index in [-0.39, 0.29) is 6.04 Å². The average molecular weight is 326 g/mol. The Morgan fingerprint density at radius 2 is 2.16 bits per heavy atom. The highest BCUT2D eigenvalue weighted by molar-refractivity contribution is 9.10. The third-order valence-electron chi connectivity index (χ3n) is 2.78. The zero-order valence-corrected chi connectivity index (χ0v) is 13.2. The van der Waals surface area contributed by atoms with Crippen molar-refractivity contribution in [2.75, 3.05) is 13.7 Å². The largest absolute Gasteiger partial charge is 0.493 e. The van der Waals surface area contributed by atoms with Crippen molar-refractivity contribution in [1.29, 1.82) is 0 Å². The van der Waals surface area contributed by atoms with Gasteiger partial charge in [-0.25, -0.2) is 0 Å². The lowest BCUT2D eigenvalue weighted by atomic mass is 10.0. The normalized spacial score (nSPS) is 11.4. The average Bonchev–Trinajstić information content (AvgIpc) is 2.40. The van der Waals surface area contributed by atoms with Crippen LogP contribution in [0.3, 0.4) is 0 Å². The molecular formula is C15H20BrNO2. The van der Waals surface area contributed by atoms with E-state index >= 15 is 0 Å². The third kappa shape index (κ3) is 4.77. The van der Waals surface area contributed by atoms with Gasteiger partial charge in [0, 0.05) is 6.04 Å². The fourth-order valence-corrected chi connectivity index (χ4v) is 2.26. The molecule has 0 aliphatic carbocycles. The van der Waals surface area contributed by atoms with Crippen molar-refractivity contribution in [1.82, 2.24) is 0 Å². The Hall–Kier alpha value is -1.18. The van der Waals surface area contributed by atoms with Crippen LogP contribution in [0.15, 0.2) is 16.6 Å². The SMILES string of the molecule is CC#CCOc1c(Br)cc(CC(N)CC)cc1OC. The van der Waals surface area contributed by atoms with Gasteiger partial charge >= 0.3 is 0 Å². The van der Waals surface area contributed by atoms with Crippen molar-refractivity contribution < 1.29 is 9.47 Å². The summed E-state index contributed by atoms with van der Waals surface area (Å²) < 4.78 is 11.8. The highest BCUT2D eigenvalue weighted by Gasteiger charge is 2.12. The Balaban J connectivity index is 2.95. The Morgan fingerprint density at radius 3 is 2.74 bits per heavy atom. The Bertz CT molecular complexity index is 477. The van der Waals surface area contributed by atoms with E-state index in [1.165, 1.54) is 0 Å². The maximum atomic E-state index is 5.98. The quantitative estimate of drug-likeness (QED) is 0.817. The molecule has 0 aromatic heterocycles. The predicted molar refractivity (Wildman–Crippen MR) is 81.6 cm³/mol. The number of hydrogen-bond donors (Lipinski definition) is 1. The van der Waals surface area contributed by atoms with Gasteiger partial charge in [0.15, 0.2) is 11.5 Å². The van der Waals surface area contributed by atoms with Crippen LogP contribution in [0.2, 0.25) is 0 Å². The van der Waals surface area contributed by atoms with Crippen LogP contribution in [0.1, 0.15) is 25.8 Å². The van der Waals surface area contributed by atoms with Crippen molar-refractivity contribution in [3.05, 3.63) is 22.2 Å². The van der Waals surface area contributed by atoms with Gasteiger partial charge in [-0.05, 0) is 53.4 Å². The molecule has 0 amide bonds. The fourth-order valence-electron chi connectivity index (χ4n) is 1.66. The van der Waals surface area contributed by atoms with Gasteiger partial charge in [0.05, 0.1) is 11.6 Å². The smallest absolute Gasteiger partial charge is 0.176 e. The number of nitrogens with two attached hydrogens (primary N) is 1. The van der Waals surface area contributed by atoms with E-state index in [0.29, 0.717) is 18.1 Å². The molecule has 0 spiro atoms. The molecule has 0 saturated carbocycles. The van der Waals surface area contributed by atoms with Gasteiger partial charge in [-0.15, -0.1) is 5.92 Å². The summed E-state index contributed by atoms with van der Waals surface area (Å²) in [6.07, 6.45) is 1.77. The maximum absolute atomic E-state index is 5.98. The molecule has 1 aromatic rings. The van der Waals surface area contributed by atoms with E-state index in [0.717, 1.165) is 22.9 Å². The summed E-state index contributed by atoms with van der Waals surface area (Å²) in [5.74, 6) is 7.03. The monoisotopic (exact) mass is 325 g/mol. The number of benzene rings is 1. The van der Waals surface area contributed by atoms with Crippen LogP contribution in [0.5, 0.6) is 11.5 Å². The minimum atomic E-state index is 0.161. The molecule has 0 radical (unpaired) electrons. The van der Waals surface area contributed by atoms with Gasteiger partial charge in [0.25, 0.3) is 0 Å². The molecule has 0 heterocycles. The van der Waals surface area contributed by atoms with Gasteiger partial charge in [-0.3, -0.25) is 0 Å². The topological polar surface area (TPSA) is 44.5 Å². The molecule has 1 atom stereocenters. The second-order valence-corrected chi connectivity index (χ2v) is 5.05. The van der Waals surface area contributed by atoms with Crippen LogP contribution >= 0.6 is 15.9 Å². The molecule has 0 aliphatic heterocycles. The molecule has 0 fully saturated rings. The van der Waals surface area contributed by atoms with Crippen molar-refractivity contribution >= 4 is 15.9 Å². The van der Waals surface area contributed by atoms with Crippen LogP contribution in [0.25, 0.3) is 0 Å². The maximum Gasteiger partial charge on any atom is 0.176 e. The second kappa shape index (κ2) is 8.08. The zero-order chi connectivity index (χ0) is 14.3. The lowest BCUT2D eigenvalue weighted by Gasteiger charge is -2.15. The highest BCUT2D eigenvalue weighted by atomic mass is 79.9. The highest BCUT2D eigenvalue weighted by Crippen LogP contribution is 2.36. The van der Waals surface area contributed by atoms with Crippen LogP contribution in [-0.2, 0) is 6.42 Å². The van der Waals surface area contributed by atoms with Crippen LogP contribution in [0.4, 0.5) is 0 Å². The first-order chi connectivity index (χ1) is 9.12. The van der Waals surface area contributed by atoms with Crippen LogP contribution in [0, 0.1) is 11.8 Å². The number of rotatable bonds is 6. The molecule has 0 aliphatic rings. The molecule has 1 unspecified atom stereocenters. The fraction of sp³-hybridized carbons (Fsp3) is 0.467. The van der Waals surface area contributed by atoms with Gasteiger partial charge in [-0.1, -0.05) is 12.8 Å².